The SMILES string of the molecule is CN1CCN(C(=O)CN2N=C(c3ccccc3)C3CCC3C2=O)CC1. The standard InChI is InChI=1S/C19H24N4O2/c1-21-9-11-22(12-10-21)17(24)13-23-19(25)16-8-7-15(16)18(20-23)14-5-3-2-4-6-14/h2-6,15-16H,7-13H2,1H3. The molecule has 2 heterocycles. The summed E-state index contributed by atoms with van der Waals surface area (Å²) >= 11 is 0. The van der Waals surface area contributed by atoms with E-state index in [1.165, 1.54) is 5.01 Å². The highest BCUT2D eigenvalue weighted by atomic mass is 16.2. The highest BCUT2D eigenvalue weighted by molar-refractivity contribution is 6.07. The van der Waals surface area contributed by atoms with Gasteiger partial charge in [0.05, 0.1) is 5.71 Å². The smallest absolute Gasteiger partial charge is 0.246 e. The van der Waals surface area contributed by atoms with Gasteiger partial charge in [0.2, 0.25) is 11.8 Å². The quantitative estimate of drug-likeness (QED) is 0.826. The molecule has 6 heteroatoms. The average Bonchev–Trinajstić information content (AvgIpc) is 2.59. The monoisotopic (exact) mass is 340 g/mol. The van der Waals surface area contributed by atoms with E-state index < -0.39 is 0 Å². The number of hydrazone groups is 1. The number of likely N-dealkylation sites (N-methyl/N-ethyl adjacent to an activating group) is 1. The minimum absolute atomic E-state index is 0.00427. The fourth-order valence-corrected chi connectivity index (χ4v) is 3.85. The zero-order valence-electron chi connectivity index (χ0n) is 14.6. The van der Waals surface area contributed by atoms with Gasteiger partial charge in [-0.25, -0.2) is 5.01 Å². The third kappa shape index (κ3) is 3.06. The molecular formula is C19H24N4O2. The van der Waals surface area contributed by atoms with Gasteiger partial charge >= 0.3 is 0 Å². The Morgan fingerprint density at radius 1 is 1.08 bits per heavy atom. The lowest BCUT2D eigenvalue weighted by Gasteiger charge is -2.43. The highest BCUT2D eigenvalue weighted by Gasteiger charge is 2.46. The zero-order valence-corrected chi connectivity index (χ0v) is 14.6. The number of nitrogens with zero attached hydrogens (tertiary/aromatic N) is 4. The third-order valence-electron chi connectivity index (χ3n) is 5.64. The number of amides is 2. The molecule has 0 N–H and O–H groups in total. The first kappa shape index (κ1) is 16.3. The molecule has 1 aliphatic carbocycles. The van der Waals surface area contributed by atoms with Gasteiger partial charge in [0.25, 0.3) is 0 Å². The fourth-order valence-electron chi connectivity index (χ4n) is 3.85. The van der Waals surface area contributed by atoms with Gasteiger partial charge in [-0.05, 0) is 25.5 Å². The van der Waals surface area contributed by atoms with Crippen molar-refractivity contribution in [3.8, 4) is 0 Å². The van der Waals surface area contributed by atoms with Gasteiger partial charge in [0.15, 0.2) is 0 Å². The summed E-state index contributed by atoms with van der Waals surface area (Å²) in [6, 6.07) is 10.0. The molecule has 2 amide bonds. The van der Waals surface area contributed by atoms with E-state index in [0.29, 0.717) is 0 Å². The molecule has 3 aliphatic rings. The van der Waals surface area contributed by atoms with Crippen LogP contribution in [0.1, 0.15) is 18.4 Å². The van der Waals surface area contributed by atoms with Crippen LogP contribution in [0.4, 0.5) is 0 Å². The topological polar surface area (TPSA) is 56.2 Å². The first-order chi connectivity index (χ1) is 12.1. The van der Waals surface area contributed by atoms with E-state index in [1.54, 1.807) is 0 Å². The maximum absolute atomic E-state index is 12.7. The summed E-state index contributed by atoms with van der Waals surface area (Å²) in [4.78, 5) is 29.3. The number of carbonyl (C=O) groups excluding carboxylic acids is 2. The molecule has 2 atom stereocenters. The van der Waals surface area contributed by atoms with Crippen LogP contribution in [-0.2, 0) is 9.59 Å². The summed E-state index contributed by atoms with van der Waals surface area (Å²) in [5, 5.41) is 6.03. The highest BCUT2D eigenvalue weighted by Crippen LogP contribution is 2.41. The average molecular weight is 340 g/mol. The Kier molecular flexibility index (Phi) is 4.29. The Hall–Kier alpha value is -2.21. The zero-order chi connectivity index (χ0) is 17.4. The van der Waals surface area contributed by atoms with Crippen molar-refractivity contribution in [1.29, 1.82) is 0 Å². The van der Waals surface area contributed by atoms with Gasteiger partial charge in [-0.2, -0.15) is 5.10 Å². The van der Waals surface area contributed by atoms with Crippen molar-refractivity contribution in [2.45, 2.75) is 12.8 Å². The van der Waals surface area contributed by atoms with Crippen LogP contribution in [0.25, 0.3) is 0 Å². The normalized spacial score (nSPS) is 26.8. The molecule has 4 rings (SSSR count). The molecule has 1 saturated heterocycles. The molecule has 0 aromatic heterocycles. The molecule has 2 unspecified atom stereocenters. The predicted octanol–water partition coefficient (Wildman–Crippen LogP) is 1.03. The lowest BCUT2D eigenvalue weighted by molar-refractivity contribution is -0.147. The molecule has 0 spiro atoms. The van der Waals surface area contributed by atoms with E-state index >= 15 is 0 Å². The van der Waals surface area contributed by atoms with Gasteiger partial charge in [0, 0.05) is 38.0 Å². The Balaban J connectivity index is 1.52. The van der Waals surface area contributed by atoms with Crippen molar-refractivity contribution >= 4 is 17.5 Å². The number of carbonyl (C=O) groups is 2. The van der Waals surface area contributed by atoms with Gasteiger partial charge in [-0.3, -0.25) is 9.59 Å². The van der Waals surface area contributed by atoms with Crippen LogP contribution in [0.3, 0.4) is 0 Å². The lowest BCUT2D eigenvalue weighted by atomic mass is 9.68. The third-order valence-corrected chi connectivity index (χ3v) is 5.64. The van der Waals surface area contributed by atoms with Crippen molar-refractivity contribution in [2.24, 2.45) is 16.9 Å². The van der Waals surface area contributed by atoms with Crippen molar-refractivity contribution in [2.75, 3.05) is 39.8 Å². The summed E-state index contributed by atoms with van der Waals surface area (Å²) < 4.78 is 0. The van der Waals surface area contributed by atoms with Crippen LogP contribution in [0, 0.1) is 11.8 Å². The number of fused-ring (bicyclic) bond motifs is 1. The second-order valence-electron chi connectivity index (χ2n) is 7.22. The number of piperazine rings is 1. The Labute approximate surface area is 148 Å². The van der Waals surface area contributed by atoms with Crippen LogP contribution >= 0.6 is 0 Å². The number of benzene rings is 1. The Morgan fingerprint density at radius 3 is 2.40 bits per heavy atom. The molecule has 1 aromatic rings. The maximum Gasteiger partial charge on any atom is 0.246 e. The summed E-state index contributed by atoms with van der Waals surface area (Å²) in [5.74, 6) is 0.215. The molecule has 0 bridgehead atoms. The lowest BCUT2D eigenvalue weighted by Crippen LogP contribution is -2.54. The largest absolute Gasteiger partial charge is 0.339 e. The fraction of sp³-hybridized carbons (Fsp3) is 0.526. The Bertz CT molecular complexity index is 695. The molecule has 2 fully saturated rings. The van der Waals surface area contributed by atoms with Gasteiger partial charge in [-0.1, -0.05) is 30.3 Å². The van der Waals surface area contributed by atoms with Gasteiger partial charge in [0.1, 0.15) is 6.54 Å². The molecule has 25 heavy (non-hydrogen) atoms. The maximum atomic E-state index is 12.7. The molecule has 0 radical (unpaired) electrons. The van der Waals surface area contributed by atoms with Crippen LogP contribution < -0.4 is 0 Å². The molecular weight excluding hydrogens is 316 g/mol. The van der Waals surface area contributed by atoms with Gasteiger partial charge < -0.3 is 9.80 Å². The number of rotatable bonds is 3. The minimum atomic E-state index is -0.00649. The summed E-state index contributed by atoms with van der Waals surface area (Å²) in [6.07, 6.45) is 1.90. The summed E-state index contributed by atoms with van der Waals surface area (Å²) in [5.41, 5.74) is 2.02. The molecule has 1 aromatic carbocycles. The van der Waals surface area contributed by atoms with E-state index in [0.717, 1.165) is 50.3 Å². The Morgan fingerprint density at radius 2 is 1.76 bits per heavy atom. The van der Waals surface area contributed by atoms with Crippen molar-refractivity contribution in [1.82, 2.24) is 14.8 Å². The van der Waals surface area contributed by atoms with Crippen molar-refractivity contribution in [3.05, 3.63) is 35.9 Å². The first-order valence-electron chi connectivity index (χ1n) is 9.05. The van der Waals surface area contributed by atoms with E-state index in [2.05, 4.69) is 17.0 Å². The van der Waals surface area contributed by atoms with E-state index in [9.17, 15) is 9.59 Å². The van der Waals surface area contributed by atoms with Crippen LogP contribution in [0.2, 0.25) is 0 Å². The predicted molar refractivity (Wildman–Crippen MR) is 95.0 cm³/mol. The van der Waals surface area contributed by atoms with Crippen LogP contribution in [0.5, 0.6) is 0 Å². The molecule has 2 aliphatic heterocycles. The first-order valence-corrected chi connectivity index (χ1v) is 9.05. The van der Waals surface area contributed by atoms with Crippen LogP contribution in [-0.4, -0.2) is 72.1 Å². The van der Waals surface area contributed by atoms with Crippen LogP contribution in [0.15, 0.2) is 35.4 Å². The molecule has 1 saturated carbocycles. The van der Waals surface area contributed by atoms with E-state index in [4.69, 9.17) is 0 Å². The summed E-state index contributed by atoms with van der Waals surface area (Å²) in [7, 11) is 2.06. The van der Waals surface area contributed by atoms with Gasteiger partial charge in [-0.15, -0.1) is 0 Å². The minimum Gasteiger partial charge on any atom is -0.339 e. The second-order valence-corrected chi connectivity index (χ2v) is 7.22. The van der Waals surface area contributed by atoms with E-state index in [-0.39, 0.29) is 30.2 Å². The second kappa shape index (κ2) is 6.59. The number of hydrogen-bond donors (Lipinski definition) is 0. The number of hydrogen-bond acceptors (Lipinski definition) is 4. The summed E-state index contributed by atoms with van der Waals surface area (Å²) in [6.45, 7) is 3.26. The van der Waals surface area contributed by atoms with Crippen molar-refractivity contribution in [3.63, 3.8) is 0 Å². The van der Waals surface area contributed by atoms with E-state index in [1.807, 2.05) is 35.2 Å². The molecule has 132 valence electrons. The van der Waals surface area contributed by atoms with Crippen molar-refractivity contribution < 1.29 is 9.59 Å². The molecule has 6 nitrogen and oxygen atoms in total.